The summed E-state index contributed by atoms with van der Waals surface area (Å²) in [5.74, 6) is -0.230. The highest BCUT2D eigenvalue weighted by molar-refractivity contribution is 6.35. The van der Waals surface area contributed by atoms with Crippen molar-refractivity contribution in [1.29, 1.82) is 0 Å². The molecule has 82 valence electrons. The van der Waals surface area contributed by atoms with Gasteiger partial charge in [0.15, 0.2) is 0 Å². The van der Waals surface area contributed by atoms with Crippen LogP contribution in [0.1, 0.15) is 0 Å². The molecule has 1 amide bonds. The summed E-state index contributed by atoms with van der Waals surface area (Å²) in [6.07, 6.45) is 0. The molecule has 0 aliphatic rings. The first-order chi connectivity index (χ1) is 7.02. The number of nitrogens with zero attached hydrogens (tertiary/aromatic N) is 1. The SMILES string of the molecule is CN(Nc1cc(Cl)cc(Cl)c1)C(=O)CN. The van der Waals surface area contributed by atoms with Crippen LogP contribution in [0.15, 0.2) is 18.2 Å². The van der Waals surface area contributed by atoms with Crippen LogP contribution in [0.25, 0.3) is 0 Å². The van der Waals surface area contributed by atoms with Gasteiger partial charge in [0.05, 0.1) is 12.2 Å². The van der Waals surface area contributed by atoms with Gasteiger partial charge in [-0.05, 0) is 18.2 Å². The second kappa shape index (κ2) is 5.21. The van der Waals surface area contributed by atoms with Gasteiger partial charge < -0.3 is 5.73 Å². The van der Waals surface area contributed by atoms with E-state index in [0.717, 1.165) is 0 Å². The standard InChI is InChI=1S/C9H11Cl2N3O/c1-14(9(15)5-12)13-8-3-6(10)2-7(11)4-8/h2-4,13H,5,12H2,1H3. The van der Waals surface area contributed by atoms with Crippen LogP contribution in [-0.4, -0.2) is 24.5 Å². The minimum Gasteiger partial charge on any atom is -0.322 e. The molecule has 0 heterocycles. The molecule has 0 saturated carbocycles. The lowest BCUT2D eigenvalue weighted by Crippen LogP contribution is -2.36. The molecule has 0 saturated heterocycles. The summed E-state index contributed by atoms with van der Waals surface area (Å²) >= 11 is 11.6. The monoisotopic (exact) mass is 247 g/mol. The smallest absolute Gasteiger partial charge is 0.254 e. The minimum atomic E-state index is -0.230. The van der Waals surface area contributed by atoms with Crippen molar-refractivity contribution in [3.05, 3.63) is 28.2 Å². The van der Waals surface area contributed by atoms with E-state index in [9.17, 15) is 4.79 Å². The molecular formula is C9H11Cl2N3O. The molecule has 0 unspecified atom stereocenters. The number of hydrogen-bond donors (Lipinski definition) is 2. The molecule has 0 aliphatic heterocycles. The van der Waals surface area contributed by atoms with Crippen LogP contribution in [-0.2, 0) is 4.79 Å². The highest BCUT2D eigenvalue weighted by Gasteiger charge is 2.06. The number of hydrazine groups is 1. The van der Waals surface area contributed by atoms with E-state index in [1.807, 2.05) is 0 Å². The Kier molecular flexibility index (Phi) is 4.20. The van der Waals surface area contributed by atoms with Crippen LogP contribution in [0.3, 0.4) is 0 Å². The first kappa shape index (κ1) is 12.1. The zero-order valence-corrected chi connectivity index (χ0v) is 9.64. The molecule has 0 bridgehead atoms. The van der Waals surface area contributed by atoms with E-state index < -0.39 is 0 Å². The molecule has 0 atom stereocenters. The fourth-order valence-corrected chi connectivity index (χ4v) is 1.54. The van der Waals surface area contributed by atoms with E-state index in [1.54, 1.807) is 25.2 Å². The Morgan fingerprint density at radius 3 is 2.40 bits per heavy atom. The van der Waals surface area contributed by atoms with Gasteiger partial charge in [-0.1, -0.05) is 23.2 Å². The molecule has 0 aromatic heterocycles. The molecule has 15 heavy (non-hydrogen) atoms. The minimum absolute atomic E-state index is 0.0577. The van der Waals surface area contributed by atoms with Crippen LogP contribution in [0.5, 0.6) is 0 Å². The Morgan fingerprint density at radius 1 is 1.40 bits per heavy atom. The van der Waals surface area contributed by atoms with Gasteiger partial charge in [0.1, 0.15) is 0 Å². The number of halogens is 2. The maximum atomic E-state index is 11.2. The number of nitrogens with one attached hydrogen (secondary N) is 1. The van der Waals surface area contributed by atoms with E-state index in [1.165, 1.54) is 5.01 Å². The molecule has 0 fully saturated rings. The number of nitrogens with two attached hydrogens (primary N) is 1. The third-order valence-electron chi connectivity index (χ3n) is 1.71. The summed E-state index contributed by atoms with van der Waals surface area (Å²) in [6, 6.07) is 4.93. The zero-order chi connectivity index (χ0) is 11.4. The van der Waals surface area contributed by atoms with Crippen molar-refractivity contribution in [2.75, 3.05) is 19.0 Å². The maximum absolute atomic E-state index is 11.2. The van der Waals surface area contributed by atoms with Crippen molar-refractivity contribution >= 4 is 34.8 Å². The van der Waals surface area contributed by atoms with E-state index in [2.05, 4.69) is 5.43 Å². The first-order valence-electron chi connectivity index (χ1n) is 4.22. The molecule has 1 rings (SSSR count). The lowest BCUT2D eigenvalue weighted by Gasteiger charge is -2.18. The number of carbonyl (C=O) groups excluding carboxylic acids is 1. The second-order valence-electron chi connectivity index (χ2n) is 2.93. The average molecular weight is 248 g/mol. The first-order valence-corrected chi connectivity index (χ1v) is 4.98. The summed E-state index contributed by atoms with van der Waals surface area (Å²) in [5.41, 5.74) is 8.65. The average Bonchev–Trinajstić information content (AvgIpc) is 2.14. The van der Waals surface area contributed by atoms with E-state index in [4.69, 9.17) is 28.9 Å². The van der Waals surface area contributed by atoms with Crippen molar-refractivity contribution in [2.24, 2.45) is 5.73 Å². The molecule has 0 aliphatic carbocycles. The van der Waals surface area contributed by atoms with Crippen molar-refractivity contribution < 1.29 is 4.79 Å². The van der Waals surface area contributed by atoms with Gasteiger partial charge in [-0.3, -0.25) is 15.2 Å². The topological polar surface area (TPSA) is 58.4 Å². The van der Waals surface area contributed by atoms with Crippen molar-refractivity contribution in [3.8, 4) is 0 Å². The van der Waals surface area contributed by atoms with Gasteiger partial charge in [0.25, 0.3) is 5.91 Å². The maximum Gasteiger partial charge on any atom is 0.254 e. The predicted octanol–water partition coefficient (Wildman–Crippen LogP) is 1.74. The molecule has 3 N–H and O–H groups in total. The third kappa shape index (κ3) is 3.58. The summed E-state index contributed by atoms with van der Waals surface area (Å²) in [6.45, 7) is -0.0577. The number of likely N-dealkylation sites (N-methyl/N-ethyl adjacent to an activating group) is 1. The highest BCUT2D eigenvalue weighted by Crippen LogP contribution is 2.22. The number of carbonyl (C=O) groups is 1. The van der Waals surface area contributed by atoms with Gasteiger partial charge in [-0.25, -0.2) is 0 Å². The summed E-state index contributed by atoms with van der Waals surface area (Å²) in [4.78, 5) is 11.2. The van der Waals surface area contributed by atoms with Gasteiger partial charge >= 0.3 is 0 Å². The van der Waals surface area contributed by atoms with Crippen LogP contribution in [0, 0.1) is 0 Å². The number of anilines is 1. The Hall–Kier alpha value is -0.970. The predicted molar refractivity (Wildman–Crippen MR) is 61.9 cm³/mol. The van der Waals surface area contributed by atoms with Crippen LogP contribution in [0.4, 0.5) is 5.69 Å². The zero-order valence-electron chi connectivity index (χ0n) is 8.13. The molecule has 6 heteroatoms. The summed E-state index contributed by atoms with van der Waals surface area (Å²) < 4.78 is 0. The normalized spacial score (nSPS) is 9.87. The van der Waals surface area contributed by atoms with Crippen molar-refractivity contribution in [2.45, 2.75) is 0 Å². The number of hydrogen-bond acceptors (Lipinski definition) is 3. The number of amides is 1. The van der Waals surface area contributed by atoms with E-state index >= 15 is 0 Å². The number of benzene rings is 1. The fourth-order valence-electron chi connectivity index (χ4n) is 1.01. The highest BCUT2D eigenvalue weighted by atomic mass is 35.5. The second-order valence-corrected chi connectivity index (χ2v) is 3.80. The Balaban J connectivity index is 2.76. The number of rotatable bonds is 3. The van der Waals surface area contributed by atoms with Crippen molar-refractivity contribution in [3.63, 3.8) is 0 Å². The molecular weight excluding hydrogens is 237 g/mol. The molecule has 1 aromatic rings. The third-order valence-corrected chi connectivity index (χ3v) is 2.14. The quantitative estimate of drug-likeness (QED) is 0.801. The molecule has 0 spiro atoms. The van der Waals surface area contributed by atoms with Crippen LogP contribution < -0.4 is 11.2 Å². The fraction of sp³-hybridized carbons (Fsp3) is 0.222. The van der Waals surface area contributed by atoms with Gasteiger partial charge in [-0.2, -0.15) is 0 Å². The van der Waals surface area contributed by atoms with Gasteiger partial charge in [-0.15, -0.1) is 0 Å². The van der Waals surface area contributed by atoms with Gasteiger partial charge in [0.2, 0.25) is 0 Å². The Morgan fingerprint density at radius 2 is 1.93 bits per heavy atom. The van der Waals surface area contributed by atoms with E-state index in [-0.39, 0.29) is 12.5 Å². The Bertz CT molecular complexity index is 350. The summed E-state index contributed by atoms with van der Waals surface area (Å²) in [5, 5.41) is 2.28. The largest absolute Gasteiger partial charge is 0.322 e. The lowest BCUT2D eigenvalue weighted by molar-refractivity contribution is -0.127. The van der Waals surface area contributed by atoms with E-state index in [0.29, 0.717) is 15.7 Å². The molecule has 0 radical (unpaired) electrons. The van der Waals surface area contributed by atoms with Crippen molar-refractivity contribution in [1.82, 2.24) is 5.01 Å². The van der Waals surface area contributed by atoms with Gasteiger partial charge in [0, 0.05) is 17.1 Å². The van der Waals surface area contributed by atoms with Crippen LogP contribution in [0.2, 0.25) is 10.0 Å². The summed E-state index contributed by atoms with van der Waals surface area (Å²) in [7, 11) is 1.57. The molecule has 4 nitrogen and oxygen atoms in total. The lowest BCUT2D eigenvalue weighted by atomic mass is 10.3. The van der Waals surface area contributed by atoms with Crippen LogP contribution >= 0.6 is 23.2 Å². The Labute approximate surface area is 97.9 Å². The molecule has 1 aromatic carbocycles.